The highest BCUT2D eigenvalue weighted by Gasteiger charge is 2.33. The molecular formula is C15H30N2O2. The van der Waals surface area contributed by atoms with Crippen molar-refractivity contribution in [2.24, 2.45) is 5.41 Å². The van der Waals surface area contributed by atoms with Gasteiger partial charge in [0.05, 0.1) is 13.2 Å². The molecule has 1 N–H and O–H groups in total. The Kier molecular flexibility index (Phi) is 5.63. The van der Waals surface area contributed by atoms with Crippen LogP contribution in [0.25, 0.3) is 0 Å². The second-order valence-corrected chi connectivity index (χ2v) is 6.31. The van der Waals surface area contributed by atoms with Crippen LogP contribution in [0.5, 0.6) is 0 Å². The molecule has 19 heavy (non-hydrogen) atoms. The van der Waals surface area contributed by atoms with Crippen LogP contribution in [0, 0.1) is 5.41 Å². The number of morpholine rings is 1. The first-order chi connectivity index (χ1) is 9.19. The van der Waals surface area contributed by atoms with Crippen LogP contribution in [-0.4, -0.2) is 73.5 Å². The molecule has 1 atom stereocenters. The molecule has 0 aromatic carbocycles. The Morgan fingerprint density at radius 2 is 1.79 bits per heavy atom. The van der Waals surface area contributed by atoms with Crippen LogP contribution in [-0.2, 0) is 4.74 Å². The second kappa shape index (κ2) is 7.02. The van der Waals surface area contributed by atoms with Crippen molar-refractivity contribution in [2.75, 3.05) is 52.5 Å². The topological polar surface area (TPSA) is 35.9 Å². The van der Waals surface area contributed by atoms with Gasteiger partial charge in [0.15, 0.2) is 0 Å². The Morgan fingerprint density at radius 1 is 1.16 bits per heavy atom. The van der Waals surface area contributed by atoms with Gasteiger partial charge >= 0.3 is 0 Å². The van der Waals surface area contributed by atoms with E-state index in [-0.39, 0.29) is 5.41 Å². The third kappa shape index (κ3) is 3.91. The Morgan fingerprint density at radius 3 is 2.32 bits per heavy atom. The highest BCUT2D eigenvalue weighted by atomic mass is 16.5. The van der Waals surface area contributed by atoms with E-state index in [4.69, 9.17) is 4.74 Å². The van der Waals surface area contributed by atoms with Gasteiger partial charge in [0.25, 0.3) is 0 Å². The summed E-state index contributed by atoms with van der Waals surface area (Å²) in [6.45, 7) is 12.3. The van der Waals surface area contributed by atoms with Gasteiger partial charge in [0.2, 0.25) is 0 Å². The van der Waals surface area contributed by atoms with E-state index in [0.29, 0.717) is 12.6 Å². The highest BCUT2D eigenvalue weighted by molar-refractivity contribution is 4.87. The Balaban J connectivity index is 1.76. The maximum Gasteiger partial charge on any atom is 0.0594 e. The minimum atomic E-state index is 0.204. The van der Waals surface area contributed by atoms with E-state index in [1.54, 1.807) is 0 Å². The fraction of sp³-hybridized carbons (Fsp3) is 1.00. The third-order valence-electron chi connectivity index (χ3n) is 5.19. The zero-order valence-corrected chi connectivity index (χ0v) is 12.6. The number of likely N-dealkylation sites (tertiary alicyclic amines) is 1. The maximum atomic E-state index is 9.59. The molecular weight excluding hydrogens is 240 g/mol. The SMILES string of the molecule is CCC1(CO)CCN(C(C)CN2CCOCC2)CC1. The molecule has 0 spiro atoms. The zero-order valence-electron chi connectivity index (χ0n) is 12.6. The summed E-state index contributed by atoms with van der Waals surface area (Å²) in [6.07, 6.45) is 3.40. The van der Waals surface area contributed by atoms with Crippen molar-refractivity contribution >= 4 is 0 Å². The molecule has 0 radical (unpaired) electrons. The van der Waals surface area contributed by atoms with Crippen LogP contribution in [0.15, 0.2) is 0 Å². The molecule has 0 aliphatic carbocycles. The summed E-state index contributed by atoms with van der Waals surface area (Å²) in [4.78, 5) is 5.11. The van der Waals surface area contributed by atoms with Gasteiger partial charge in [0.1, 0.15) is 0 Å². The average Bonchev–Trinajstić information content (AvgIpc) is 2.48. The van der Waals surface area contributed by atoms with Gasteiger partial charge in [0, 0.05) is 32.3 Å². The fourth-order valence-corrected chi connectivity index (χ4v) is 3.34. The molecule has 1 unspecified atom stereocenters. The Bertz CT molecular complexity index is 253. The van der Waals surface area contributed by atoms with Crippen LogP contribution >= 0.6 is 0 Å². The molecule has 2 fully saturated rings. The van der Waals surface area contributed by atoms with E-state index in [1.165, 1.54) is 0 Å². The van der Waals surface area contributed by atoms with E-state index >= 15 is 0 Å². The molecule has 2 rings (SSSR count). The molecule has 2 heterocycles. The Labute approximate surface area is 117 Å². The number of aliphatic hydroxyl groups excluding tert-OH is 1. The summed E-state index contributed by atoms with van der Waals surface area (Å²) in [5.74, 6) is 0. The van der Waals surface area contributed by atoms with Crippen LogP contribution in [0.1, 0.15) is 33.1 Å². The lowest BCUT2D eigenvalue weighted by atomic mass is 9.77. The first kappa shape index (κ1) is 15.2. The lowest BCUT2D eigenvalue weighted by Gasteiger charge is -2.43. The number of piperidine rings is 1. The van der Waals surface area contributed by atoms with Gasteiger partial charge in [-0.1, -0.05) is 6.92 Å². The fourth-order valence-electron chi connectivity index (χ4n) is 3.34. The summed E-state index contributed by atoms with van der Waals surface area (Å²) in [5.41, 5.74) is 0.204. The van der Waals surface area contributed by atoms with Gasteiger partial charge in [-0.25, -0.2) is 0 Å². The van der Waals surface area contributed by atoms with Crippen LogP contribution in [0.3, 0.4) is 0 Å². The average molecular weight is 270 g/mol. The number of aliphatic hydroxyl groups is 1. The maximum absolute atomic E-state index is 9.59. The normalized spacial score (nSPS) is 27.3. The molecule has 4 nitrogen and oxygen atoms in total. The van der Waals surface area contributed by atoms with Crippen molar-refractivity contribution in [3.8, 4) is 0 Å². The molecule has 112 valence electrons. The summed E-state index contributed by atoms with van der Waals surface area (Å²) in [5, 5.41) is 9.59. The predicted octanol–water partition coefficient (Wildman–Crippen LogP) is 1.19. The van der Waals surface area contributed by atoms with Crippen molar-refractivity contribution in [3.63, 3.8) is 0 Å². The van der Waals surface area contributed by atoms with E-state index in [1.807, 2.05) is 0 Å². The summed E-state index contributed by atoms with van der Waals surface area (Å²) < 4.78 is 5.40. The highest BCUT2D eigenvalue weighted by Crippen LogP contribution is 2.34. The number of ether oxygens (including phenoxy) is 1. The summed E-state index contributed by atoms with van der Waals surface area (Å²) >= 11 is 0. The van der Waals surface area contributed by atoms with Crippen molar-refractivity contribution in [3.05, 3.63) is 0 Å². The molecule has 0 aromatic heterocycles. The molecule has 2 aliphatic heterocycles. The van der Waals surface area contributed by atoms with Crippen molar-refractivity contribution in [1.82, 2.24) is 9.80 Å². The first-order valence-corrected chi connectivity index (χ1v) is 7.84. The standard InChI is InChI=1S/C15H30N2O2/c1-3-15(13-18)4-6-17(7-5-15)14(2)12-16-8-10-19-11-9-16/h14,18H,3-13H2,1-2H3. The largest absolute Gasteiger partial charge is 0.396 e. The number of nitrogens with zero attached hydrogens (tertiary/aromatic N) is 2. The number of rotatable bonds is 5. The molecule has 0 aromatic rings. The van der Waals surface area contributed by atoms with E-state index < -0.39 is 0 Å². The van der Waals surface area contributed by atoms with Crippen LogP contribution in [0.2, 0.25) is 0 Å². The molecule has 2 saturated heterocycles. The minimum Gasteiger partial charge on any atom is -0.396 e. The first-order valence-electron chi connectivity index (χ1n) is 7.84. The number of hydrogen-bond donors (Lipinski definition) is 1. The van der Waals surface area contributed by atoms with Gasteiger partial charge in [-0.3, -0.25) is 9.80 Å². The molecule has 0 amide bonds. The van der Waals surface area contributed by atoms with Gasteiger partial charge in [-0.2, -0.15) is 0 Å². The quantitative estimate of drug-likeness (QED) is 0.814. The van der Waals surface area contributed by atoms with Gasteiger partial charge < -0.3 is 9.84 Å². The van der Waals surface area contributed by atoms with Gasteiger partial charge in [-0.05, 0) is 44.7 Å². The van der Waals surface area contributed by atoms with Gasteiger partial charge in [-0.15, -0.1) is 0 Å². The molecule has 2 aliphatic rings. The molecule has 4 heteroatoms. The number of hydrogen-bond acceptors (Lipinski definition) is 4. The summed E-state index contributed by atoms with van der Waals surface area (Å²) in [6, 6.07) is 0.617. The van der Waals surface area contributed by atoms with Crippen molar-refractivity contribution in [2.45, 2.75) is 39.2 Å². The van der Waals surface area contributed by atoms with E-state index in [9.17, 15) is 5.11 Å². The van der Waals surface area contributed by atoms with Crippen molar-refractivity contribution in [1.29, 1.82) is 0 Å². The smallest absolute Gasteiger partial charge is 0.0594 e. The predicted molar refractivity (Wildman–Crippen MR) is 77.3 cm³/mol. The summed E-state index contributed by atoms with van der Waals surface area (Å²) in [7, 11) is 0. The van der Waals surface area contributed by atoms with E-state index in [2.05, 4.69) is 23.6 Å². The monoisotopic (exact) mass is 270 g/mol. The van der Waals surface area contributed by atoms with E-state index in [0.717, 1.165) is 65.2 Å². The second-order valence-electron chi connectivity index (χ2n) is 6.31. The van der Waals surface area contributed by atoms with Crippen LogP contribution in [0.4, 0.5) is 0 Å². The lowest BCUT2D eigenvalue weighted by molar-refractivity contribution is 0.00132. The minimum absolute atomic E-state index is 0.204. The van der Waals surface area contributed by atoms with Crippen molar-refractivity contribution < 1.29 is 9.84 Å². The molecule has 0 bridgehead atoms. The molecule has 0 saturated carbocycles. The zero-order chi connectivity index (χ0) is 13.7. The third-order valence-corrected chi connectivity index (χ3v) is 5.19. The lowest BCUT2D eigenvalue weighted by Crippen LogP contribution is -2.50. The Hall–Kier alpha value is -0.160. The van der Waals surface area contributed by atoms with Crippen LogP contribution < -0.4 is 0 Å².